The number of carbonyl (C=O) groups is 1. The van der Waals surface area contributed by atoms with Crippen molar-refractivity contribution in [3.05, 3.63) is 29.9 Å². The molecule has 3 heterocycles. The number of hydrogen-bond acceptors (Lipinski definition) is 6. The van der Waals surface area contributed by atoms with Gasteiger partial charge >= 0.3 is 0 Å². The lowest BCUT2D eigenvalue weighted by atomic mass is 10.2. The summed E-state index contributed by atoms with van der Waals surface area (Å²) < 4.78 is 5.31. The normalized spacial score (nSPS) is 17.1. The third-order valence-electron chi connectivity index (χ3n) is 3.66. The molecule has 7 heteroatoms. The summed E-state index contributed by atoms with van der Waals surface area (Å²) in [5, 5.41) is 5.43. The Morgan fingerprint density at radius 3 is 3.00 bits per heavy atom. The molecular weight excluding hydrogens is 300 g/mol. The molecule has 1 aliphatic rings. The zero-order chi connectivity index (χ0) is 15.4. The topological polar surface area (TPSA) is 67.4 Å². The molecule has 1 unspecified atom stereocenters. The van der Waals surface area contributed by atoms with E-state index in [4.69, 9.17) is 4.74 Å². The van der Waals surface area contributed by atoms with Gasteiger partial charge in [0.15, 0.2) is 5.13 Å². The van der Waals surface area contributed by atoms with Crippen LogP contribution in [0.5, 0.6) is 0 Å². The van der Waals surface area contributed by atoms with E-state index < -0.39 is 0 Å². The Hall–Kier alpha value is -1.83. The molecule has 0 saturated carbocycles. The highest BCUT2D eigenvalue weighted by Gasteiger charge is 2.23. The number of hydrogen-bond donors (Lipinski definition) is 1. The van der Waals surface area contributed by atoms with Crippen LogP contribution in [0, 0.1) is 0 Å². The summed E-state index contributed by atoms with van der Waals surface area (Å²) in [4.78, 5) is 23.0. The Kier molecular flexibility index (Phi) is 4.77. The van der Waals surface area contributed by atoms with Crippen LogP contribution in [0.2, 0.25) is 0 Å². The van der Waals surface area contributed by atoms with E-state index in [9.17, 15) is 4.79 Å². The third-order valence-corrected chi connectivity index (χ3v) is 4.42. The third kappa shape index (κ3) is 3.49. The smallest absolute Gasteiger partial charge is 0.243 e. The molecule has 116 valence electrons. The van der Waals surface area contributed by atoms with Crippen molar-refractivity contribution in [2.45, 2.75) is 13.0 Å². The van der Waals surface area contributed by atoms with Gasteiger partial charge in [0.2, 0.25) is 5.91 Å². The van der Waals surface area contributed by atoms with Crippen LogP contribution in [0.25, 0.3) is 11.3 Å². The maximum atomic E-state index is 12.3. The monoisotopic (exact) mass is 318 g/mol. The zero-order valence-electron chi connectivity index (χ0n) is 12.4. The van der Waals surface area contributed by atoms with Gasteiger partial charge in [-0.1, -0.05) is 0 Å². The fraction of sp³-hybridized carbons (Fsp3) is 0.400. The number of amides is 1. The van der Waals surface area contributed by atoms with Gasteiger partial charge in [-0.2, -0.15) is 0 Å². The van der Waals surface area contributed by atoms with E-state index in [0.717, 1.165) is 24.3 Å². The first-order valence-corrected chi connectivity index (χ1v) is 8.10. The van der Waals surface area contributed by atoms with E-state index in [1.807, 2.05) is 24.4 Å². The SMILES string of the molecule is CC(C(=O)Nc1nc(-c2cccnc2)cs1)N1CCOCC1. The average Bonchev–Trinajstić information content (AvgIpc) is 3.04. The average molecular weight is 318 g/mol. The van der Waals surface area contributed by atoms with Gasteiger partial charge in [0.05, 0.1) is 24.9 Å². The van der Waals surface area contributed by atoms with E-state index in [0.29, 0.717) is 18.3 Å². The molecular formula is C15H18N4O2S. The fourth-order valence-electron chi connectivity index (χ4n) is 2.32. The molecule has 0 bridgehead atoms. The molecule has 1 fully saturated rings. The summed E-state index contributed by atoms with van der Waals surface area (Å²) in [6, 6.07) is 3.63. The van der Waals surface area contributed by atoms with Crippen LogP contribution < -0.4 is 5.32 Å². The molecule has 22 heavy (non-hydrogen) atoms. The highest BCUT2D eigenvalue weighted by Crippen LogP contribution is 2.24. The number of rotatable bonds is 4. The molecule has 0 aromatic carbocycles. The zero-order valence-corrected chi connectivity index (χ0v) is 13.2. The minimum atomic E-state index is -0.186. The van der Waals surface area contributed by atoms with Crippen molar-refractivity contribution in [1.82, 2.24) is 14.9 Å². The van der Waals surface area contributed by atoms with E-state index >= 15 is 0 Å². The molecule has 0 radical (unpaired) electrons. The first kappa shape index (κ1) is 15.1. The van der Waals surface area contributed by atoms with Crippen LogP contribution in [0.3, 0.4) is 0 Å². The standard InChI is InChI=1S/C15H18N4O2S/c1-11(19-5-7-21-8-6-19)14(20)18-15-17-13(10-22-15)12-3-2-4-16-9-12/h2-4,9-11H,5-8H2,1H3,(H,17,18,20). The van der Waals surface area contributed by atoms with Crippen LogP contribution in [0.15, 0.2) is 29.9 Å². The van der Waals surface area contributed by atoms with Crippen molar-refractivity contribution in [2.24, 2.45) is 0 Å². The quantitative estimate of drug-likeness (QED) is 0.932. The molecule has 0 spiro atoms. The highest BCUT2D eigenvalue weighted by molar-refractivity contribution is 7.14. The Labute approximate surface area is 133 Å². The molecule has 0 aliphatic carbocycles. The first-order chi connectivity index (χ1) is 10.7. The van der Waals surface area contributed by atoms with Crippen molar-refractivity contribution in [1.29, 1.82) is 0 Å². The van der Waals surface area contributed by atoms with E-state index in [1.54, 1.807) is 12.4 Å². The Morgan fingerprint density at radius 2 is 2.27 bits per heavy atom. The summed E-state index contributed by atoms with van der Waals surface area (Å²) in [6.07, 6.45) is 3.49. The van der Waals surface area contributed by atoms with Gasteiger partial charge in [-0.15, -0.1) is 11.3 Å². The van der Waals surface area contributed by atoms with E-state index in [-0.39, 0.29) is 11.9 Å². The number of nitrogens with one attached hydrogen (secondary N) is 1. The van der Waals surface area contributed by atoms with Crippen molar-refractivity contribution >= 4 is 22.4 Å². The van der Waals surface area contributed by atoms with Crippen molar-refractivity contribution < 1.29 is 9.53 Å². The van der Waals surface area contributed by atoms with Gasteiger partial charge in [0.1, 0.15) is 0 Å². The number of carbonyl (C=O) groups excluding carboxylic acids is 1. The summed E-state index contributed by atoms with van der Waals surface area (Å²) in [6.45, 7) is 4.84. The van der Waals surface area contributed by atoms with Crippen LogP contribution in [0.1, 0.15) is 6.92 Å². The predicted molar refractivity (Wildman–Crippen MR) is 85.8 cm³/mol. The van der Waals surface area contributed by atoms with Crippen LogP contribution in [0.4, 0.5) is 5.13 Å². The summed E-state index contributed by atoms with van der Waals surface area (Å²) in [5.41, 5.74) is 1.77. The molecule has 6 nitrogen and oxygen atoms in total. The maximum absolute atomic E-state index is 12.3. The molecule has 1 N–H and O–H groups in total. The fourth-order valence-corrected chi connectivity index (χ4v) is 3.04. The highest BCUT2D eigenvalue weighted by atomic mass is 32.1. The van der Waals surface area contributed by atoms with Crippen molar-refractivity contribution in [2.75, 3.05) is 31.6 Å². The van der Waals surface area contributed by atoms with Crippen molar-refractivity contribution in [3.63, 3.8) is 0 Å². The molecule has 2 aromatic heterocycles. The Morgan fingerprint density at radius 1 is 1.45 bits per heavy atom. The number of anilines is 1. The lowest BCUT2D eigenvalue weighted by Gasteiger charge is -2.31. The minimum absolute atomic E-state index is 0.0333. The number of nitrogens with zero attached hydrogens (tertiary/aromatic N) is 3. The van der Waals surface area contributed by atoms with E-state index in [2.05, 4.69) is 20.2 Å². The molecule has 3 rings (SSSR count). The summed E-state index contributed by atoms with van der Waals surface area (Å²) in [5.74, 6) is -0.0333. The van der Waals surface area contributed by atoms with Crippen LogP contribution >= 0.6 is 11.3 Å². The van der Waals surface area contributed by atoms with Gasteiger partial charge in [-0.3, -0.25) is 14.7 Å². The van der Waals surface area contributed by atoms with Crippen LogP contribution in [-0.4, -0.2) is 53.1 Å². The van der Waals surface area contributed by atoms with Gasteiger partial charge in [0, 0.05) is 36.4 Å². The second kappa shape index (κ2) is 6.95. The number of thiazole rings is 1. The van der Waals surface area contributed by atoms with E-state index in [1.165, 1.54) is 11.3 Å². The number of pyridine rings is 1. The van der Waals surface area contributed by atoms with Gasteiger partial charge in [-0.25, -0.2) is 4.98 Å². The van der Waals surface area contributed by atoms with Gasteiger partial charge < -0.3 is 10.1 Å². The minimum Gasteiger partial charge on any atom is -0.379 e. The Bertz CT molecular complexity index is 625. The second-order valence-electron chi connectivity index (χ2n) is 5.09. The summed E-state index contributed by atoms with van der Waals surface area (Å²) >= 11 is 1.42. The molecule has 1 amide bonds. The summed E-state index contributed by atoms with van der Waals surface area (Å²) in [7, 11) is 0. The molecule has 1 atom stereocenters. The largest absolute Gasteiger partial charge is 0.379 e. The van der Waals surface area contributed by atoms with Gasteiger partial charge in [-0.05, 0) is 19.1 Å². The predicted octanol–water partition coefficient (Wildman–Crippen LogP) is 1.86. The number of ether oxygens (including phenoxy) is 1. The lowest BCUT2D eigenvalue weighted by molar-refractivity contribution is -0.122. The molecule has 1 aliphatic heterocycles. The second-order valence-corrected chi connectivity index (χ2v) is 5.95. The lowest BCUT2D eigenvalue weighted by Crippen LogP contribution is -2.47. The first-order valence-electron chi connectivity index (χ1n) is 7.22. The Balaban J connectivity index is 1.63. The maximum Gasteiger partial charge on any atom is 0.243 e. The van der Waals surface area contributed by atoms with Crippen LogP contribution in [-0.2, 0) is 9.53 Å². The van der Waals surface area contributed by atoms with Gasteiger partial charge in [0.25, 0.3) is 0 Å². The number of aromatic nitrogens is 2. The molecule has 1 saturated heterocycles. The number of morpholine rings is 1. The molecule has 2 aromatic rings. The van der Waals surface area contributed by atoms with Crippen molar-refractivity contribution in [3.8, 4) is 11.3 Å².